The fourth-order valence-corrected chi connectivity index (χ4v) is 4.32. The van der Waals surface area contributed by atoms with Crippen LogP contribution in [0.4, 0.5) is 0 Å². The van der Waals surface area contributed by atoms with Crippen molar-refractivity contribution in [2.45, 2.75) is 26.3 Å². The van der Waals surface area contributed by atoms with Gasteiger partial charge in [0.25, 0.3) is 0 Å². The monoisotopic (exact) mass is 453 g/mol. The van der Waals surface area contributed by atoms with Crippen molar-refractivity contribution in [3.05, 3.63) is 38.3 Å². The van der Waals surface area contributed by atoms with Crippen LogP contribution in [-0.2, 0) is 17.8 Å². The van der Waals surface area contributed by atoms with Crippen LogP contribution < -0.4 is 4.74 Å². The van der Waals surface area contributed by atoms with Gasteiger partial charge in [0.15, 0.2) is 11.5 Å². The Kier molecular flexibility index (Phi) is 6.73. The number of aromatic hydroxyl groups is 1. The Morgan fingerprint density at radius 1 is 1.33 bits per heavy atom. The maximum absolute atomic E-state index is 12.8. The van der Waals surface area contributed by atoms with E-state index in [9.17, 15) is 9.90 Å². The first-order valence-electron chi connectivity index (χ1n) is 8.92. The number of hydrogen-bond donors (Lipinski definition) is 1. The average molecular weight is 454 g/mol. The van der Waals surface area contributed by atoms with E-state index in [4.69, 9.17) is 4.74 Å². The van der Waals surface area contributed by atoms with Crippen LogP contribution in [-0.4, -0.2) is 59.1 Å². The number of halogens is 1. The first-order chi connectivity index (χ1) is 13.0. The summed E-state index contributed by atoms with van der Waals surface area (Å²) in [6.07, 6.45) is 1.23. The van der Waals surface area contributed by atoms with Gasteiger partial charge in [-0.25, -0.2) is 4.98 Å². The fraction of sp³-hybridized carbons (Fsp3) is 0.474. The third kappa shape index (κ3) is 5.21. The fourth-order valence-electron chi connectivity index (χ4n) is 3.25. The van der Waals surface area contributed by atoms with Crippen molar-refractivity contribution in [1.82, 2.24) is 14.8 Å². The number of aromatic nitrogens is 1. The number of nitrogens with zero attached hydrogens (tertiary/aromatic N) is 3. The number of methoxy groups -OCH3 is 1. The van der Waals surface area contributed by atoms with Gasteiger partial charge >= 0.3 is 0 Å². The minimum Gasteiger partial charge on any atom is -0.504 e. The summed E-state index contributed by atoms with van der Waals surface area (Å²) in [7, 11) is 1.50. The molecular formula is C19H24BrN3O3S. The molecule has 6 nitrogen and oxygen atoms in total. The zero-order valence-electron chi connectivity index (χ0n) is 15.6. The second-order valence-electron chi connectivity index (χ2n) is 6.66. The molecule has 3 rings (SSSR count). The smallest absolute Gasteiger partial charge is 0.227 e. The second-order valence-corrected chi connectivity index (χ2v) is 8.58. The number of rotatable bonds is 5. The lowest BCUT2D eigenvalue weighted by Crippen LogP contribution is -2.36. The van der Waals surface area contributed by atoms with Gasteiger partial charge in [0.2, 0.25) is 5.91 Å². The van der Waals surface area contributed by atoms with Gasteiger partial charge in [-0.3, -0.25) is 9.69 Å². The lowest BCUT2D eigenvalue weighted by atomic mass is 10.1. The van der Waals surface area contributed by atoms with E-state index in [0.717, 1.165) is 55.4 Å². The van der Waals surface area contributed by atoms with Crippen molar-refractivity contribution >= 4 is 33.2 Å². The van der Waals surface area contributed by atoms with Crippen molar-refractivity contribution in [2.24, 2.45) is 0 Å². The highest BCUT2D eigenvalue weighted by Gasteiger charge is 2.21. The Morgan fingerprint density at radius 2 is 2.15 bits per heavy atom. The number of phenols is 1. The number of hydrogen-bond acceptors (Lipinski definition) is 6. The molecule has 1 aliphatic heterocycles. The minimum atomic E-state index is 0.0586. The molecule has 8 heteroatoms. The minimum absolute atomic E-state index is 0.0586. The normalized spacial score (nSPS) is 15.6. The van der Waals surface area contributed by atoms with E-state index in [1.54, 1.807) is 23.5 Å². The molecule has 1 aliphatic rings. The van der Waals surface area contributed by atoms with Gasteiger partial charge < -0.3 is 14.7 Å². The first-order valence-corrected chi connectivity index (χ1v) is 10.6. The zero-order chi connectivity index (χ0) is 19.4. The molecular weight excluding hydrogens is 430 g/mol. The number of carbonyl (C=O) groups excluding carboxylic acids is 1. The van der Waals surface area contributed by atoms with Crippen molar-refractivity contribution in [3.8, 4) is 11.5 Å². The number of ether oxygens (including phenoxy) is 1. The van der Waals surface area contributed by atoms with Gasteiger partial charge in [-0.15, -0.1) is 11.3 Å². The Hall–Kier alpha value is -1.64. The Labute approximate surface area is 171 Å². The maximum Gasteiger partial charge on any atom is 0.227 e. The van der Waals surface area contributed by atoms with E-state index >= 15 is 0 Å². The molecule has 0 saturated carbocycles. The number of phenolic OH excluding ortho intramolecular Hbond substituents is 1. The van der Waals surface area contributed by atoms with Gasteiger partial charge in [-0.2, -0.15) is 0 Å². The van der Waals surface area contributed by atoms with Crippen LogP contribution in [0.1, 0.15) is 22.7 Å². The summed E-state index contributed by atoms with van der Waals surface area (Å²) in [4.78, 5) is 21.6. The Balaban J connectivity index is 1.59. The highest BCUT2D eigenvalue weighted by molar-refractivity contribution is 9.10. The van der Waals surface area contributed by atoms with Crippen molar-refractivity contribution in [1.29, 1.82) is 0 Å². The van der Waals surface area contributed by atoms with Gasteiger partial charge in [0.05, 0.1) is 24.2 Å². The van der Waals surface area contributed by atoms with Crippen LogP contribution in [0.5, 0.6) is 11.5 Å². The first kappa shape index (κ1) is 20.1. The van der Waals surface area contributed by atoms with Crippen LogP contribution in [0.2, 0.25) is 0 Å². The Morgan fingerprint density at radius 3 is 2.85 bits per heavy atom. The summed E-state index contributed by atoms with van der Waals surface area (Å²) in [5.74, 6) is 0.527. The lowest BCUT2D eigenvalue weighted by molar-refractivity contribution is -0.130. The molecule has 0 atom stereocenters. The molecule has 0 bridgehead atoms. The number of amides is 1. The standard InChI is InChI=1S/C19H24BrN3O3S/c1-13-21-15(12-27-13)11-22-4-3-5-23(7-6-22)19(25)9-14-8-18(26-2)17(24)10-16(14)20/h8,10,12,24H,3-7,9,11H2,1-2H3. The lowest BCUT2D eigenvalue weighted by Gasteiger charge is -2.22. The summed E-state index contributed by atoms with van der Waals surface area (Å²) >= 11 is 5.10. The van der Waals surface area contributed by atoms with Crippen LogP contribution in [0.15, 0.2) is 22.0 Å². The zero-order valence-corrected chi connectivity index (χ0v) is 18.0. The van der Waals surface area contributed by atoms with E-state index < -0.39 is 0 Å². The molecule has 0 spiro atoms. The van der Waals surface area contributed by atoms with Crippen LogP contribution in [0.3, 0.4) is 0 Å². The molecule has 1 aromatic heterocycles. The summed E-state index contributed by atoms with van der Waals surface area (Å²) in [6, 6.07) is 3.29. The van der Waals surface area contributed by atoms with Gasteiger partial charge in [0, 0.05) is 42.6 Å². The molecule has 1 fully saturated rings. The predicted octanol–water partition coefficient (Wildman–Crippen LogP) is 3.21. The molecule has 27 heavy (non-hydrogen) atoms. The third-order valence-corrected chi connectivity index (χ3v) is 6.24. The highest BCUT2D eigenvalue weighted by atomic mass is 79.9. The second kappa shape index (κ2) is 9.03. The largest absolute Gasteiger partial charge is 0.504 e. The summed E-state index contributed by atoms with van der Waals surface area (Å²) < 4.78 is 5.87. The molecule has 1 saturated heterocycles. The SMILES string of the molecule is COc1cc(CC(=O)N2CCCN(Cc3csc(C)n3)CC2)c(Br)cc1O. The third-order valence-electron chi connectivity index (χ3n) is 4.68. The molecule has 0 radical (unpaired) electrons. The maximum atomic E-state index is 12.8. The number of benzene rings is 1. The molecule has 0 unspecified atom stereocenters. The van der Waals surface area contributed by atoms with Crippen LogP contribution >= 0.6 is 27.3 Å². The molecule has 146 valence electrons. The number of carbonyl (C=O) groups is 1. The van der Waals surface area contributed by atoms with E-state index in [-0.39, 0.29) is 18.1 Å². The molecule has 1 amide bonds. The van der Waals surface area contributed by atoms with E-state index in [1.165, 1.54) is 7.11 Å². The predicted molar refractivity (Wildman–Crippen MR) is 109 cm³/mol. The number of thiazole rings is 1. The Bertz CT molecular complexity index is 811. The molecule has 0 aliphatic carbocycles. The van der Waals surface area contributed by atoms with Crippen LogP contribution in [0.25, 0.3) is 0 Å². The van der Waals surface area contributed by atoms with Crippen LogP contribution in [0, 0.1) is 6.92 Å². The summed E-state index contributed by atoms with van der Waals surface area (Å²) in [5.41, 5.74) is 1.92. The van der Waals surface area contributed by atoms with Crippen molar-refractivity contribution in [2.75, 3.05) is 33.3 Å². The van der Waals surface area contributed by atoms with Gasteiger partial charge in [-0.1, -0.05) is 15.9 Å². The molecule has 2 aromatic rings. The van der Waals surface area contributed by atoms with E-state index in [0.29, 0.717) is 10.2 Å². The average Bonchev–Trinajstić information content (AvgIpc) is 2.89. The van der Waals surface area contributed by atoms with Gasteiger partial charge in [-0.05, 0) is 31.0 Å². The van der Waals surface area contributed by atoms with Crippen molar-refractivity contribution < 1.29 is 14.6 Å². The summed E-state index contributed by atoms with van der Waals surface area (Å²) in [5, 5.41) is 13.0. The van der Waals surface area contributed by atoms with E-state index in [1.807, 2.05) is 11.8 Å². The molecule has 2 heterocycles. The highest BCUT2D eigenvalue weighted by Crippen LogP contribution is 2.32. The molecule has 1 N–H and O–H groups in total. The van der Waals surface area contributed by atoms with E-state index in [2.05, 4.69) is 31.2 Å². The topological polar surface area (TPSA) is 65.9 Å². The molecule has 1 aromatic carbocycles. The van der Waals surface area contributed by atoms with Gasteiger partial charge in [0.1, 0.15) is 0 Å². The van der Waals surface area contributed by atoms with Crippen molar-refractivity contribution in [3.63, 3.8) is 0 Å². The number of aryl methyl sites for hydroxylation is 1. The summed E-state index contributed by atoms with van der Waals surface area (Å²) in [6.45, 7) is 6.16. The quantitative estimate of drug-likeness (QED) is 0.752.